The van der Waals surface area contributed by atoms with Crippen LogP contribution in [0.2, 0.25) is 0 Å². The van der Waals surface area contributed by atoms with Crippen molar-refractivity contribution >= 4 is 11.4 Å². The van der Waals surface area contributed by atoms with Gasteiger partial charge in [-0.05, 0) is 43.7 Å². The Hall–Kier alpha value is -1.87. The topological polar surface area (TPSA) is 29.3 Å². The highest BCUT2D eigenvalue weighted by Gasteiger charge is 2.13. The Morgan fingerprint density at radius 1 is 1.16 bits per heavy atom. The van der Waals surface area contributed by atoms with Crippen LogP contribution in [-0.4, -0.2) is 6.54 Å². The first-order valence-corrected chi connectivity index (χ1v) is 6.51. The van der Waals surface area contributed by atoms with E-state index in [9.17, 15) is 4.39 Å². The number of halogens is 1. The van der Waals surface area contributed by atoms with E-state index < -0.39 is 0 Å². The first kappa shape index (κ1) is 13.6. The molecule has 1 atom stereocenters. The van der Waals surface area contributed by atoms with E-state index in [2.05, 4.69) is 4.90 Å². The van der Waals surface area contributed by atoms with Crippen LogP contribution in [0, 0.1) is 5.82 Å². The fraction of sp³-hybridized carbons (Fsp3) is 0.250. The molecule has 0 spiro atoms. The molecule has 100 valence electrons. The molecule has 0 fully saturated rings. The number of rotatable bonds is 4. The van der Waals surface area contributed by atoms with Crippen LogP contribution in [0.5, 0.6) is 0 Å². The molecule has 0 saturated carbocycles. The van der Waals surface area contributed by atoms with E-state index >= 15 is 0 Å². The molecule has 19 heavy (non-hydrogen) atoms. The second kappa shape index (κ2) is 5.85. The Morgan fingerprint density at radius 3 is 2.53 bits per heavy atom. The van der Waals surface area contributed by atoms with E-state index in [1.54, 1.807) is 12.1 Å². The standard InChI is InChI=1S/C16H19FN2/c1-3-19(14-8-6-7-13(17)11-14)16-10-5-4-9-15(16)12(2)18/h4-12H,3,18H2,1-2H3/t12-/m1/s1. The molecule has 0 aliphatic heterocycles. The van der Waals surface area contributed by atoms with Crippen molar-refractivity contribution in [2.75, 3.05) is 11.4 Å². The van der Waals surface area contributed by atoms with E-state index in [-0.39, 0.29) is 11.9 Å². The van der Waals surface area contributed by atoms with Crippen molar-refractivity contribution in [2.45, 2.75) is 19.9 Å². The van der Waals surface area contributed by atoms with Crippen LogP contribution < -0.4 is 10.6 Å². The van der Waals surface area contributed by atoms with Crippen LogP contribution in [0.1, 0.15) is 25.5 Å². The molecule has 0 aliphatic carbocycles. The van der Waals surface area contributed by atoms with Crippen molar-refractivity contribution < 1.29 is 4.39 Å². The lowest BCUT2D eigenvalue weighted by atomic mass is 10.1. The van der Waals surface area contributed by atoms with Gasteiger partial charge < -0.3 is 10.6 Å². The highest BCUT2D eigenvalue weighted by atomic mass is 19.1. The van der Waals surface area contributed by atoms with E-state index in [4.69, 9.17) is 5.73 Å². The molecule has 0 amide bonds. The normalized spacial score (nSPS) is 12.2. The third-order valence-electron chi connectivity index (χ3n) is 3.15. The molecule has 0 unspecified atom stereocenters. The maximum Gasteiger partial charge on any atom is 0.125 e. The molecule has 2 nitrogen and oxygen atoms in total. The number of hydrogen-bond acceptors (Lipinski definition) is 2. The zero-order valence-corrected chi connectivity index (χ0v) is 11.3. The molecule has 0 bridgehead atoms. The monoisotopic (exact) mass is 258 g/mol. The molecule has 2 aromatic carbocycles. The van der Waals surface area contributed by atoms with E-state index in [0.717, 1.165) is 23.5 Å². The average molecular weight is 258 g/mol. The molecule has 2 aromatic rings. The Morgan fingerprint density at radius 2 is 1.89 bits per heavy atom. The van der Waals surface area contributed by atoms with Crippen molar-refractivity contribution in [3.05, 3.63) is 59.9 Å². The average Bonchev–Trinajstić information content (AvgIpc) is 2.40. The summed E-state index contributed by atoms with van der Waals surface area (Å²) in [7, 11) is 0. The molecule has 0 radical (unpaired) electrons. The van der Waals surface area contributed by atoms with Gasteiger partial charge in [-0.2, -0.15) is 0 Å². The molecule has 0 saturated heterocycles. The van der Waals surface area contributed by atoms with Crippen LogP contribution >= 0.6 is 0 Å². The minimum absolute atomic E-state index is 0.0567. The van der Waals surface area contributed by atoms with Crippen LogP contribution in [0.4, 0.5) is 15.8 Å². The van der Waals surface area contributed by atoms with Gasteiger partial charge in [0.2, 0.25) is 0 Å². The lowest BCUT2D eigenvalue weighted by molar-refractivity contribution is 0.627. The minimum atomic E-state index is -0.228. The van der Waals surface area contributed by atoms with Crippen LogP contribution in [0.25, 0.3) is 0 Å². The van der Waals surface area contributed by atoms with Gasteiger partial charge in [-0.15, -0.1) is 0 Å². The number of benzene rings is 2. The largest absolute Gasteiger partial charge is 0.341 e. The fourth-order valence-electron chi connectivity index (χ4n) is 2.25. The number of nitrogens with zero attached hydrogens (tertiary/aromatic N) is 1. The van der Waals surface area contributed by atoms with Crippen molar-refractivity contribution in [3.63, 3.8) is 0 Å². The van der Waals surface area contributed by atoms with Crippen LogP contribution in [0.15, 0.2) is 48.5 Å². The lowest BCUT2D eigenvalue weighted by Crippen LogP contribution is -2.20. The highest BCUT2D eigenvalue weighted by molar-refractivity contribution is 5.67. The summed E-state index contributed by atoms with van der Waals surface area (Å²) in [5.74, 6) is -0.228. The van der Waals surface area contributed by atoms with Crippen molar-refractivity contribution in [3.8, 4) is 0 Å². The minimum Gasteiger partial charge on any atom is -0.341 e. The smallest absolute Gasteiger partial charge is 0.125 e. The number of nitrogens with two attached hydrogens (primary N) is 1. The molecular formula is C16H19FN2. The predicted octanol–water partition coefficient (Wildman–Crippen LogP) is 4.00. The van der Waals surface area contributed by atoms with Crippen molar-refractivity contribution in [2.24, 2.45) is 5.73 Å². The van der Waals surface area contributed by atoms with Gasteiger partial charge in [0.15, 0.2) is 0 Å². The van der Waals surface area contributed by atoms with Gasteiger partial charge >= 0.3 is 0 Å². The molecule has 3 heteroatoms. The molecular weight excluding hydrogens is 239 g/mol. The zero-order chi connectivity index (χ0) is 13.8. The van der Waals surface area contributed by atoms with E-state index in [0.29, 0.717) is 0 Å². The van der Waals surface area contributed by atoms with Crippen LogP contribution in [0.3, 0.4) is 0 Å². The summed E-state index contributed by atoms with van der Waals surface area (Å²) in [5, 5.41) is 0. The summed E-state index contributed by atoms with van der Waals surface area (Å²) >= 11 is 0. The summed E-state index contributed by atoms with van der Waals surface area (Å²) in [5.41, 5.74) is 8.95. The van der Waals surface area contributed by atoms with Gasteiger partial charge in [0.1, 0.15) is 5.82 Å². The quantitative estimate of drug-likeness (QED) is 0.898. The Balaban J connectivity index is 2.48. The van der Waals surface area contributed by atoms with Crippen LogP contribution in [-0.2, 0) is 0 Å². The number of hydrogen-bond donors (Lipinski definition) is 1. The molecule has 2 rings (SSSR count). The lowest BCUT2D eigenvalue weighted by Gasteiger charge is -2.27. The van der Waals surface area contributed by atoms with Gasteiger partial charge in [0.05, 0.1) is 0 Å². The maximum absolute atomic E-state index is 13.4. The van der Waals surface area contributed by atoms with Gasteiger partial charge in [-0.3, -0.25) is 0 Å². The zero-order valence-electron chi connectivity index (χ0n) is 11.3. The second-order valence-electron chi connectivity index (χ2n) is 4.57. The summed E-state index contributed by atoms with van der Waals surface area (Å²) in [4.78, 5) is 2.07. The molecule has 0 aliphatic rings. The Kier molecular flexibility index (Phi) is 4.17. The Labute approximate surface area is 113 Å². The molecule has 2 N–H and O–H groups in total. The third-order valence-corrected chi connectivity index (χ3v) is 3.15. The molecule has 0 aromatic heterocycles. The SMILES string of the molecule is CCN(c1cccc(F)c1)c1ccccc1[C@@H](C)N. The summed E-state index contributed by atoms with van der Waals surface area (Å²) in [6.07, 6.45) is 0. The summed E-state index contributed by atoms with van der Waals surface area (Å²) in [6, 6.07) is 14.6. The first-order chi connectivity index (χ1) is 9.13. The Bertz CT molecular complexity index is 552. The molecule has 0 heterocycles. The van der Waals surface area contributed by atoms with E-state index in [1.807, 2.05) is 44.2 Å². The highest BCUT2D eigenvalue weighted by Crippen LogP contribution is 2.31. The fourth-order valence-corrected chi connectivity index (χ4v) is 2.25. The maximum atomic E-state index is 13.4. The second-order valence-corrected chi connectivity index (χ2v) is 4.57. The number of para-hydroxylation sites is 1. The van der Waals surface area contributed by atoms with Crippen molar-refractivity contribution in [1.82, 2.24) is 0 Å². The van der Waals surface area contributed by atoms with Gasteiger partial charge in [0, 0.05) is 24.0 Å². The van der Waals surface area contributed by atoms with Gasteiger partial charge in [-0.1, -0.05) is 24.3 Å². The third kappa shape index (κ3) is 2.93. The van der Waals surface area contributed by atoms with Gasteiger partial charge in [0.25, 0.3) is 0 Å². The number of anilines is 2. The predicted molar refractivity (Wildman–Crippen MR) is 78.1 cm³/mol. The summed E-state index contributed by atoms with van der Waals surface area (Å²) in [6.45, 7) is 4.76. The summed E-state index contributed by atoms with van der Waals surface area (Å²) < 4.78 is 13.4. The van der Waals surface area contributed by atoms with Gasteiger partial charge in [-0.25, -0.2) is 4.39 Å². The van der Waals surface area contributed by atoms with E-state index in [1.165, 1.54) is 6.07 Å². The van der Waals surface area contributed by atoms with Crippen molar-refractivity contribution in [1.29, 1.82) is 0 Å². The first-order valence-electron chi connectivity index (χ1n) is 6.51.